The van der Waals surface area contributed by atoms with Crippen LogP contribution in [0.5, 0.6) is 5.75 Å². The van der Waals surface area contributed by atoms with Crippen molar-refractivity contribution >= 4 is 38.3 Å². The summed E-state index contributed by atoms with van der Waals surface area (Å²) in [5, 5.41) is 20.2. The zero-order valence-corrected chi connectivity index (χ0v) is 13.6. The number of hydrogen-bond acceptors (Lipinski definition) is 5. The number of phenols is 1. The molecule has 8 heteroatoms. The molecular weight excluding hydrogens is 344 g/mol. The number of phenolic OH excluding ortho intramolecular Hbond substituents is 1. The van der Waals surface area contributed by atoms with E-state index in [2.05, 4.69) is 0 Å². The molecule has 3 rings (SSSR count). The molecule has 1 amide bonds. The predicted molar refractivity (Wildman–Crippen MR) is 94.2 cm³/mol. The minimum atomic E-state index is -4.44. The third kappa shape index (κ3) is 2.83. The molecule has 0 atom stereocenters. The van der Waals surface area contributed by atoms with Gasteiger partial charge in [-0.05, 0) is 29.7 Å². The molecule has 0 aliphatic rings. The van der Waals surface area contributed by atoms with Gasteiger partial charge in [-0.1, -0.05) is 36.4 Å². The molecule has 0 saturated heterocycles. The Kier molecular flexibility index (Phi) is 3.97. The van der Waals surface area contributed by atoms with Gasteiger partial charge in [0.05, 0.1) is 16.3 Å². The van der Waals surface area contributed by atoms with Gasteiger partial charge in [0.25, 0.3) is 10.0 Å². The monoisotopic (exact) mass is 358 g/mol. The summed E-state index contributed by atoms with van der Waals surface area (Å²) in [5.41, 5.74) is 5.39. The van der Waals surface area contributed by atoms with Crippen LogP contribution in [0.25, 0.3) is 10.8 Å². The van der Waals surface area contributed by atoms with Gasteiger partial charge in [0.2, 0.25) is 0 Å². The minimum absolute atomic E-state index is 0.0113. The Morgan fingerprint density at radius 1 is 1.00 bits per heavy atom. The van der Waals surface area contributed by atoms with Crippen molar-refractivity contribution in [1.82, 2.24) is 0 Å². The molecule has 0 aromatic heterocycles. The maximum absolute atomic E-state index is 12.9. The number of anilines is 2. The van der Waals surface area contributed by atoms with Crippen LogP contribution in [0.3, 0.4) is 0 Å². The highest BCUT2D eigenvalue weighted by Gasteiger charge is 2.32. The Bertz CT molecular complexity index is 1070. The molecule has 0 heterocycles. The predicted octanol–water partition coefficient (Wildman–Crippen LogP) is 3.00. The lowest BCUT2D eigenvalue weighted by Gasteiger charge is -2.21. The van der Waals surface area contributed by atoms with Gasteiger partial charge >= 0.3 is 6.09 Å². The molecule has 7 nitrogen and oxygen atoms in total. The van der Waals surface area contributed by atoms with Gasteiger partial charge in [-0.3, -0.25) is 0 Å². The number of fused-ring (bicyclic) bond motifs is 1. The summed E-state index contributed by atoms with van der Waals surface area (Å²) in [6.45, 7) is 0. The number of carbonyl (C=O) groups is 1. The third-order valence-corrected chi connectivity index (χ3v) is 5.38. The molecule has 0 fully saturated rings. The fourth-order valence-corrected chi connectivity index (χ4v) is 3.87. The van der Waals surface area contributed by atoms with E-state index in [0.717, 1.165) is 18.2 Å². The van der Waals surface area contributed by atoms with E-state index >= 15 is 0 Å². The first kappa shape index (κ1) is 16.6. The average molecular weight is 358 g/mol. The molecule has 0 unspecified atom stereocenters. The van der Waals surface area contributed by atoms with E-state index in [-0.39, 0.29) is 22.0 Å². The molecule has 4 N–H and O–H groups in total. The second kappa shape index (κ2) is 5.99. The van der Waals surface area contributed by atoms with E-state index in [1.165, 1.54) is 6.07 Å². The summed E-state index contributed by atoms with van der Waals surface area (Å²) < 4.78 is 26.1. The molecule has 3 aromatic carbocycles. The largest absolute Gasteiger partial charge is 0.506 e. The van der Waals surface area contributed by atoms with Crippen LogP contribution >= 0.6 is 0 Å². The number of carboxylic acid groups (broad SMARTS) is 1. The lowest BCUT2D eigenvalue weighted by atomic mass is 10.1. The smallest absolute Gasteiger partial charge is 0.426 e. The fourth-order valence-electron chi connectivity index (χ4n) is 2.52. The van der Waals surface area contributed by atoms with Crippen molar-refractivity contribution in [1.29, 1.82) is 0 Å². The molecule has 25 heavy (non-hydrogen) atoms. The molecule has 0 saturated carbocycles. The zero-order valence-electron chi connectivity index (χ0n) is 12.8. The van der Waals surface area contributed by atoms with Crippen LogP contribution in [-0.4, -0.2) is 24.7 Å². The normalized spacial score (nSPS) is 11.4. The second-order valence-corrected chi connectivity index (χ2v) is 7.06. The molecule has 128 valence electrons. The van der Waals surface area contributed by atoms with Gasteiger partial charge < -0.3 is 15.9 Å². The Morgan fingerprint density at radius 2 is 1.68 bits per heavy atom. The van der Waals surface area contributed by atoms with Gasteiger partial charge in [-0.2, -0.15) is 4.31 Å². The number of sulfonamides is 1. The third-order valence-electron chi connectivity index (χ3n) is 3.70. The van der Waals surface area contributed by atoms with Crippen LogP contribution in [0, 0.1) is 0 Å². The zero-order chi connectivity index (χ0) is 18.2. The summed E-state index contributed by atoms with van der Waals surface area (Å²) in [6, 6.07) is 14.8. The quantitative estimate of drug-likeness (QED) is 0.489. The lowest BCUT2D eigenvalue weighted by Crippen LogP contribution is -2.36. The van der Waals surface area contributed by atoms with E-state index in [0.29, 0.717) is 15.1 Å². The number of nitrogens with zero attached hydrogens (tertiary/aromatic N) is 1. The van der Waals surface area contributed by atoms with E-state index in [9.17, 15) is 23.4 Å². The first-order chi connectivity index (χ1) is 11.8. The van der Waals surface area contributed by atoms with Crippen molar-refractivity contribution in [2.45, 2.75) is 4.90 Å². The molecular formula is C17H14N2O5S. The number of hydrogen-bond donors (Lipinski definition) is 3. The van der Waals surface area contributed by atoms with E-state index in [1.807, 2.05) is 0 Å². The van der Waals surface area contributed by atoms with Crippen LogP contribution in [0.4, 0.5) is 16.2 Å². The number of nitrogens with two attached hydrogens (primary N) is 1. The first-order valence-corrected chi connectivity index (χ1v) is 8.61. The summed E-state index contributed by atoms with van der Waals surface area (Å²) in [6.07, 6.45) is -1.65. The molecule has 0 aliphatic heterocycles. The van der Waals surface area contributed by atoms with Gasteiger partial charge in [0, 0.05) is 5.39 Å². The highest BCUT2D eigenvalue weighted by molar-refractivity contribution is 7.93. The van der Waals surface area contributed by atoms with Crippen molar-refractivity contribution in [2.24, 2.45) is 0 Å². The summed E-state index contributed by atoms with van der Waals surface area (Å²) in [4.78, 5) is 11.4. The van der Waals surface area contributed by atoms with Crippen LogP contribution in [0.1, 0.15) is 0 Å². The average Bonchev–Trinajstić information content (AvgIpc) is 2.57. The summed E-state index contributed by atoms with van der Waals surface area (Å²) >= 11 is 0. The number of benzene rings is 3. The van der Waals surface area contributed by atoms with Crippen molar-refractivity contribution in [3.8, 4) is 5.75 Å². The van der Waals surface area contributed by atoms with Gasteiger partial charge in [0.15, 0.2) is 0 Å². The van der Waals surface area contributed by atoms with Crippen molar-refractivity contribution < 1.29 is 23.4 Å². The number of nitrogen functional groups attached to an aromatic ring is 1. The second-order valence-electron chi connectivity index (χ2n) is 5.27. The minimum Gasteiger partial charge on any atom is -0.506 e. The van der Waals surface area contributed by atoms with Crippen molar-refractivity contribution in [3.63, 3.8) is 0 Å². The van der Waals surface area contributed by atoms with Gasteiger partial charge in [-0.15, -0.1) is 0 Å². The Labute approximate surface area is 143 Å². The maximum atomic E-state index is 12.9. The van der Waals surface area contributed by atoms with Gasteiger partial charge in [0.1, 0.15) is 5.75 Å². The molecule has 0 bridgehead atoms. The summed E-state index contributed by atoms with van der Waals surface area (Å²) in [7, 11) is -4.44. The van der Waals surface area contributed by atoms with Crippen LogP contribution in [-0.2, 0) is 10.0 Å². The van der Waals surface area contributed by atoms with E-state index in [4.69, 9.17) is 5.73 Å². The Morgan fingerprint density at radius 3 is 2.36 bits per heavy atom. The van der Waals surface area contributed by atoms with Crippen LogP contribution in [0.15, 0.2) is 65.6 Å². The van der Waals surface area contributed by atoms with Crippen molar-refractivity contribution in [3.05, 3.63) is 60.7 Å². The topological polar surface area (TPSA) is 121 Å². The number of amides is 1. The molecule has 3 aromatic rings. The highest BCUT2D eigenvalue weighted by atomic mass is 32.2. The molecule has 0 spiro atoms. The van der Waals surface area contributed by atoms with Crippen LogP contribution < -0.4 is 10.0 Å². The number of aromatic hydroxyl groups is 1. The van der Waals surface area contributed by atoms with E-state index < -0.39 is 16.1 Å². The molecule has 0 aliphatic carbocycles. The van der Waals surface area contributed by atoms with E-state index in [1.54, 1.807) is 36.4 Å². The summed E-state index contributed by atoms with van der Waals surface area (Å²) in [5.74, 6) is -0.286. The Hall–Kier alpha value is -3.26. The number of rotatable bonds is 3. The lowest BCUT2D eigenvalue weighted by molar-refractivity contribution is 0.206. The molecule has 0 radical (unpaired) electrons. The maximum Gasteiger partial charge on any atom is 0.426 e. The highest BCUT2D eigenvalue weighted by Crippen LogP contribution is 2.32. The SMILES string of the molecule is Nc1cc(S(=O)(=O)N(C(=O)O)c2cccc3ccccc23)ccc1O. The van der Waals surface area contributed by atoms with Crippen molar-refractivity contribution in [2.75, 3.05) is 10.0 Å². The Balaban J connectivity index is 2.25. The van der Waals surface area contributed by atoms with Crippen LogP contribution in [0.2, 0.25) is 0 Å². The fraction of sp³-hybridized carbons (Fsp3) is 0. The standard InChI is InChI=1S/C17H14N2O5S/c18-14-10-12(8-9-16(14)20)25(23,24)19(17(21)22)15-7-3-5-11-4-1-2-6-13(11)15/h1-10,20H,18H2,(H,21,22). The van der Waals surface area contributed by atoms with Gasteiger partial charge in [-0.25, -0.2) is 13.2 Å². The first-order valence-electron chi connectivity index (χ1n) is 7.17.